The molecule has 7 nitrogen and oxygen atoms in total. The van der Waals surface area contributed by atoms with Gasteiger partial charge >= 0.3 is 6.18 Å². The zero-order chi connectivity index (χ0) is 28.9. The number of rotatable bonds is 8. The molecule has 0 aliphatic carbocycles. The molecule has 2 N–H and O–H groups in total. The summed E-state index contributed by atoms with van der Waals surface area (Å²) in [4.78, 5) is 33.4. The van der Waals surface area contributed by atoms with Crippen molar-refractivity contribution in [2.45, 2.75) is 32.1 Å². The number of nitrogens with zero attached hydrogens (tertiary/aromatic N) is 3. The highest BCUT2D eigenvalue weighted by atomic mass is 19.4. The van der Waals surface area contributed by atoms with Gasteiger partial charge in [0.2, 0.25) is 5.91 Å². The normalized spacial score (nSPS) is 16.0. The van der Waals surface area contributed by atoms with Crippen molar-refractivity contribution in [2.24, 2.45) is 0 Å². The van der Waals surface area contributed by atoms with Crippen LogP contribution in [0, 0.1) is 6.92 Å². The molecular weight excluding hydrogens is 519 g/mol. The highest BCUT2D eigenvalue weighted by molar-refractivity contribution is 6.06. The lowest BCUT2D eigenvalue weighted by atomic mass is 10.0. The summed E-state index contributed by atoms with van der Waals surface area (Å²) in [6.45, 7) is 3.37. The van der Waals surface area contributed by atoms with Crippen LogP contribution >= 0.6 is 0 Å². The Hall–Kier alpha value is -4.02. The Morgan fingerprint density at radius 2 is 1.93 bits per heavy atom. The Bertz CT molecular complexity index is 1390. The van der Waals surface area contributed by atoms with Gasteiger partial charge in [-0.1, -0.05) is 18.2 Å². The van der Waals surface area contributed by atoms with E-state index < -0.39 is 17.6 Å². The molecule has 1 unspecified atom stereocenters. The van der Waals surface area contributed by atoms with Crippen molar-refractivity contribution in [1.82, 2.24) is 14.8 Å². The van der Waals surface area contributed by atoms with Gasteiger partial charge in [0.1, 0.15) is 0 Å². The number of hydrogen-bond acceptors (Lipinski definition) is 5. The summed E-state index contributed by atoms with van der Waals surface area (Å²) in [7, 11) is 3.93. The Balaban J connectivity index is 1.46. The van der Waals surface area contributed by atoms with Gasteiger partial charge in [-0.25, -0.2) is 0 Å². The molecule has 2 aromatic carbocycles. The SMILES string of the molecule is Cc1ccc(NC(=O)c2ccc(CN3CCC(N(C)C)C3)c(C(F)(F)F)c2)cc1NC(=O)/C=C/c1cccnc1. The molecule has 1 atom stereocenters. The highest BCUT2D eigenvalue weighted by Crippen LogP contribution is 2.34. The predicted octanol–water partition coefficient (Wildman–Crippen LogP) is 5.45. The Morgan fingerprint density at radius 3 is 2.60 bits per heavy atom. The minimum absolute atomic E-state index is 0.103. The topological polar surface area (TPSA) is 77.6 Å². The van der Waals surface area contributed by atoms with Crippen molar-refractivity contribution < 1.29 is 22.8 Å². The van der Waals surface area contributed by atoms with Crippen molar-refractivity contribution >= 4 is 29.3 Å². The van der Waals surface area contributed by atoms with E-state index in [1.807, 2.05) is 25.1 Å². The minimum Gasteiger partial charge on any atom is -0.322 e. The number of carbonyl (C=O) groups is 2. The van der Waals surface area contributed by atoms with Gasteiger partial charge in [-0.15, -0.1) is 0 Å². The van der Waals surface area contributed by atoms with Crippen molar-refractivity contribution in [1.29, 1.82) is 0 Å². The van der Waals surface area contributed by atoms with Crippen LogP contribution in [0.2, 0.25) is 0 Å². The van der Waals surface area contributed by atoms with Crippen LogP contribution in [0.15, 0.2) is 67.0 Å². The standard InChI is InChI=1S/C30H32F3N5O2/c1-20-6-10-24(16-27(20)36-28(39)11-7-21-5-4-13-34-17-21)35-29(40)22-8-9-23(26(15-22)30(31,32)33)18-38-14-12-25(19-38)37(2)3/h4-11,13,15-17,25H,12,14,18-19H2,1-3H3,(H,35,40)(H,36,39)/b11-7+. The molecule has 2 heterocycles. The van der Waals surface area contributed by atoms with E-state index in [0.717, 1.165) is 23.6 Å². The van der Waals surface area contributed by atoms with Crippen molar-refractivity contribution in [3.63, 3.8) is 0 Å². The number of aryl methyl sites for hydroxylation is 1. The first-order valence-electron chi connectivity index (χ1n) is 12.9. The molecule has 210 valence electrons. The maximum atomic E-state index is 14.0. The quantitative estimate of drug-likeness (QED) is 0.364. The lowest BCUT2D eigenvalue weighted by molar-refractivity contribution is -0.138. The van der Waals surface area contributed by atoms with E-state index in [2.05, 4.69) is 20.5 Å². The molecule has 4 rings (SSSR count). The second-order valence-electron chi connectivity index (χ2n) is 10.1. The number of hydrogen-bond donors (Lipinski definition) is 2. The van der Waals surface area contributed by atoms with Crippen LogP contribution in [0.5, 0.6) is 0 Å². The van der Waals surface area contributed by atoms with Gasteiger partial charge in [0, 0.05) is 61.1 Å². The molecule has 3 aromatic rings. The Labute approximate surface area is 231 Å². The maximum absolute atomic E-state index is 14.0. The summed E-state index contributed by atoms with van der Waals surface area (Å²) in [5.74, 6) is -1.06. The second-order valence-corrected chi connectivity index (χ2v) is 10.1. The van der Waals surface area contributed by atoms with Gasteiger partial charge in [-0.2, -0.15) is 13.2 Å². The fraction of sp³-hybridized carbons (Fsp3) is 0.300. The van der Waals surface area contributed by atoms with E-state index in [1.165, 1.54) is 18.2 Å². The first-order valence-corrected chi connectivity index (χ1v) is 12.9. The monoisotopic (exact) mass is 551 g/mol. The van der Waals surface area contributed by atoms with E-state index in [-0.39, 0.29) is 23.6 Å². The second kappa shape index (κ2) is 12.4. The van der Waals surface area contributed by atoms with Crippen LogP contribution < -0.4 is 10.6 Å². The van der Waals surface area contributed by atoms with E-state index in [4.69, 9.17) is 0 Å². The fourth-order valence-corrected chi connectivity index (χ4v) is 4.60. The minimum atomic E-state index is -4.60. The maximum Gasteiger partial charge on any atom is 0.416 e. The van der Waals surface area contributed by atoms with Crippen LogP contribution in [-0.2, 0) is 17.5 Å². The zero-order valence-electron chi connectivity index (χ0n) is 22.6. The molecule has 1 aromatic heterocycles. The van der Waals surface area contributed by atoms with Crippen molar-refractivity contribution in [3.05, 3.63) is 94.8 Å². The largest absolute Gasteiger partial charge is 0.416 e. The highest BCUT2D eigenvalue weighted by Gasteiger charge is 2.35. The number of alkyl halides is 3. The number of amides is 2. The van der Waals surface area contributed by atoms with Crippen LogP contribution in [0.1, 0.15) is 39.0 Å². The summed E-state index contributed by atoms with van der Waals surface area (Å²) >= 11 is 0. The smallest absolute Gasteiger partial charge is 0.322 e. The summed E-state index contributed by atoms with van der Waals surface area (Å²) in [6, 6.07) is 12.5. The van der Waals surface area contributed by atoms with Crippen LogP contribution in [0.25, 0.3) is 6.08 Å². The van der Waals surface area contributed by atoms with Crippen LogP contribution in [0.3, 0.4) is 0 Å². The molecule has 0 radical (unpaired) electrons. The van der Waals surface area contributed by atoms with Gasteiger partial charge in [-0.05, 0) is 80.5 Å². The van der Waals surface area contributed by atoms with Gasteiger partial charge in [0.15, 0.2) is 0 Å². The third-order valence-electron chi connectivity index (χ3n) is 6.91. The average molecular weight is 552 g/mol. The average Bonchev–Trinajstić information content (AvgIpc) is 3.38. The summed E-state index contributed by atoms with van der Waals surface area (Å²) in [6.07, 6.45) is 2.54. The lowest BCUT2D eigenvalue weighted by Gasteiger charge is -2.22. The molecule has 0 saturated carbocycles. The van der Waals surface area contributed by atoms with E-state index in [9.17, 15) is 22.8 Å². The van der Waals surface area contributed by atoms with Gasteiger partial charge < -0.3 is 15.5 Å². The number of likely N-dealkylation sites (tertiary alicyclic amines) is 1. The third-order valence-corrected chi connectivity index (χ3v) is 6.91. The molecule has 0 spiro atoms. The fourth-order valence-electron chi connectivity index (χ4n) is 4.60. The summed E-state index contributed by atoms with van der Waals surface area (Å²) in [5.41, 5.74) is 1.54. The van der Waals surface area contributed by atoms with Gasteiger partial charge in [-0.3, -0.25) is 19.5 Å². The Morgan fingerprint density at radius 1 is 1.12 bits per heavy atom. The molecule has 1 fully saturated rings. The number of pyridine rings is 1. The Kier molecular flexibility index (Phi) is 9.01. The summed E-state index contributed by atoms with van der Waals surface area (Å²) < 4.78 is 41.9. The van der Waals surface area contributed by atoms with E-state index in [0.29, 0.717) is 30.5 Å². The number of carbonyl (C=O) groups excluding carboxylic acids is 2. The molecule has 1 saturated heterocycles. The number of benzene rings is 2. The van der Waals surface area contributed by atoms with E-state index >= 15 is 0 Å². The molecular formula is C30H32F3N5O2. The molecule has 40 heavy (non-hydrogen) atoms. The van der Waals surface area contributed by atoms with Crippen LogP contribution in [0.4, 0.5) is 24.5 Å². The van der Waals surface area contributed by atoms with E-state index in [1.54, 1.807) is 49.7 Å². The number of aromatic nitrogens is 1. The molecule has 1 aliphatic heterocycles. The first kappa shape index (κ1) is 29.0. The van der Waals surface area contributed by atoms with Crippen molar-refractivity contribution in [3.8, 4) is 0 Å². The van der Waals surface area contributed by atoms with Gasteiger partial charge in [0.05, 0.1) is 5.56 Å². The zero-order valence-corrected chi connectivity index (χ0v) is 22.6. The molecule has 2 amide bonds. The predicted molar refractivity (Wildman–Crippen MR) is 150 cm³/mol. The lowest BCUT2D eigenvalue weighted by Crippen LogP contribution is -2.31. The molecule has 0 bridgehead atoms. The number of halogens is 3. The van der Waals surface area contributed by atoms with Crippen LogP contribution in [-0.4, -0.2) is 59.8 Å². The summed E-state index contributed by atoms with van der Waals surface area (Å²) in [5, 5.41) is 5.41. The first-order chi connectivity index (χ1) is 19.0. The molecule has 1 aliphatic rings. The third kappa shape index (κ3) is 7.55. The molecule has 10 heteroatoms. The van der Waals surface area contributed by atoms with Crippen molar-refractivity contribution in [2.75, 3.05) is 37.8 Å². The number of nitrogens with one attached hydrogen (secondary N) is 2. The number of likely N-dealkylation sites (N-methyl/N-ethyl adjacent to an activating group) is 1. The number of anilines is 2. The van der Waals surface area contributed by atoms with Gasteiger partial charge in [0.25, 0.3) is 5.91 Å².